The van der Waals surface area contributed by atoms with E-state index in [4.69, 9.17) is 9.84 Å². The first-order valence-electron chi connectivity index (χ1n) is 6.99. The van der Waals surface area contributed by atoms with E-state index in [-0.39, 0.29) is 6.04 Å². The lowest BCUT2D eigenvalue weighted by atomic mass is 9.86. The average Bonchev–Trinajstić information content (AvgIpc) is 2.49. The molecule has 22 heavy (non-hydrogen) atoms. The number of aliphatic carboxylic acids is 1. The standard InChI is InChI=1S/C15H17F2NO4/c1-22-13-11(17)7-6-10(16)12(13)14(19)18-9-4-2-8(3-5-9)15(20)21/h6-9H,2-5H2,1H3,(H,18,19)(H,20,21). The Balaban J connectivity index is 2.08. The van der Waals surface area contributed by atoms with E-state index in [1.807, 2.05) is 0 Å². The molecule has 0 heterocycles. The Labute approximate surface area is 126 Å². The highest BCUT2D eigenvalue weighted by atomic mass is 19.1. The maximum atomic E-state index is 13.8. The van der Waals surface area contributed by atoms with Crippen LogP contribution in [-0.4, -0.2) is 30.1 Å². The van der Waals surface area contributed by atoms with Gasteiger partial charge in [-0.1, -0.05) is 0 Å². The van der Waals surface area contributed by atoms with Crippen LogP contribution in [0.3, 0.4) is 0 Å². The number of carboxylic acids is 1. The van der Waals surface area contributed by atoms with Gasteiger partial charge < -0.3 is 15.2 Å². The summed E-state index contributed by atoms with van der Waals surface area (Å²) in [7, 11) is 1.16. The summed E-state index contributed by atoms with van der Waals surface area (Å²) in [5, 5.41) is 11.5. The lowest BCUT2D eigenvalue weighted by molar-refractivity contribution is -0.142. The van der Waals surface area contributed by atoms with Crippen molar-refractivity contribution in [2.45, 2.75) is 31.7 Å². The predicted octanol–water partition coefficient (Wildman–Crippen LogP) is 2.35. The fourth-order valence-corrected chi connectivity index (χ4v) is 2.69. The van der Waals surface area contributed by atoms with Crippen LogP contribution in [0, 0.1) is 17.6 Å². The fourth-order valence-electron chi connectivity index (χ4n) is 2.69. The maximum absolute atomic E-state index is 13.8. The molecule has 0 unspecified atom stereocenters. The smallest absolute Gasteiger partial charge is 0.306 e. The summed E-state index contributed by atoms with van der Waals surface area (Å²) < 4.78 is 32.1. The molecule has 120 valence electrons. The Bertz CT molecular complexity index is 583. The summed E-state index contributed by atoms with van der Waals surface area (Å²) >= 11 is 0. The molecule has 1 fully saturated rings. The van der Waals surface area contributed by atoms with E-state index < -0.39 is 40.7 Å². The first-order chi connectivity index (χ1) is 10.4. The second-order valence-electron chi connectivity index (χ2n) is 5.30. The molecule has 0 aromatic heterocycles. The van der Waals surface area contributed by atoms with E-state index in [9.17, 15) is 18.4 Å². The summed E-state index contributed by atoms with van der Waals surface area (Å²) in [5.74, 6) is -4.13. The van der Waals surface area contributed by atoms with Crippen molar-refractivity contribution in [2.24, 2.45) is 5.92 Å². The molecule has 0 aliphatic heterocycles. The van der Waals surface area contributed by atoms with Gasteiger partial charge in [0.25, 0.3) is 5.91 Å². The first kappa shape index (κ1) is 16.2. The van der Waals surface area contributed by atoms with E-state index in [2.05, 4.69) is 5.32 Å². The van der Waals surface area contributed by atoms with Crippen LogP contribution < -0.4 is 10.1 Å². The molecule has 2 rings (SSSR count). The van der Waals surface area contributed by atoms with E-state index in [1.165, 1.54) is 0 Å². The molecule has 1 aromatic carbocycles. The third-order valence-corrected chi connectivity index (χ3v) is 3.90. The molecule has 1 aliphatic carbocycles. The van der Waals surface area contributed by atoms with Gasteiger partial charge in [-0.15, -0.1) is 0 Å². The van der Waals surface area contributed by atoms with Gasteiger partial charge in [-0.2, -0.15) is 0 Å². The van der Waals surface area contributed by atoms with Crippen LogP contribution >= 0.6 is 0 Å². The SMILES string of the molecule is COc1c(F)ccc(F)c1C(=O)NC1CCC(C(=O)O)CC1. The molecule has 0 bridgehead atoms. The quantitative estimate of drug-likeness (QED) is 0.894. The molecular formula is C15H17F2NO4. The number of nitrogens with one attached hydrogen (secondary N) is 1. The third kappa shape index (κ3) is 3.35. The van der Waals surface area contributed by atoms with Crippen molar-refractivity contribution in [1.82, 2.24) is 5.32 Å². The average molecular weight is 313 g/mol. The number of amides is 1. The van der Waals surface area contributed by atoms with Crippen LogP contribution in [0.25, 0.3) is 0 Å². The molecule has 1 saturated carbocycles. The van der Waals surface area contributed by atoms with Gasteiger partial charge >= 0.3 is 5.97 Å². The highest BCUT2D eigenvalue weighted by Gasteiger charge is 2.29. The Morgan fingerprint density at radius 1 is 1.18 bits per heavy atom. The number of rotatable bonds is 4. The lowest BCUT2D eigenvalue weighted by Crippen LogP contribution is -2.39. The number of carboxylic acid groups (broad SMARTS) is 1. The third-order valence-electron chi connectivity index (χ3n) is 3.90. The highest BCUT2D eigenvalue weighted by Crippen LogP contribution is 2.27. The Morgan fingerprint density at radius 2 is 1.77 bits per heavy atom. The van der Waals surface area contributed by atoms with Gasteiger partial charge in [-0.25, -0.2) is 8.78 Å². The van der Waals surface area contributed by atoms with Crippen LogP contribution in [-0.2, 0) is 4.79 Å². The second-order valence-corrected chi connectivity index (χ2v) is 5.30. The van der Waals surface area contributed by atoms with Crippen molar-refractivity contribution in [3.05, 3.63) is 29.3 Å². The summed E-state index contributed by atoms with van der Waals surface area (Å²) in [5.41, 5.74) is -0.470. The van der Waals surface area contributed by atoms with Crippen LogP contribution in [0.15, 0.2) is 12.1 Å². The molecule has 0 atom stereocenters. The van der Waals surface area contributed by atoms with Gasteiger partial charge in [0.05, 0.1) is 13.0 Å². The summed E-state index contributed by atoms with van der Waals surface area (Å²) in [6, 6.07) is 1.51. The molecule has 1 amide bonds. The van der Waals surface area contributed by atoms with Crippen molar-refractivity contribution in [3.63, 3.8) is 0 Å². The van der Waals surface area contributed by atoms with Gasteiger partial charge in [0.2, 0.25) is 0 Å². The zero-order valence-corrected chi connectivity index (χ0v) is 12.1. The Morgan fingerprint density at radius 3 is 2.32 bits per heavy atom. The largest absolute Gasteiger partial charge is 0.493 e. The van der Waals surface area contributed by atoms with Gasteiger partial charge in [-0.3, -0.25) is 9.59 Å². The van der Waals surface area contributed by atoms with E-state index in [0.29, 0.717) is 25.7 Å². The number of methoxy groups -OCH3 is 1. The molecule has 2 N–H and O–H groups in total. The molecule has 0 spiro atoms. The van der Waals surface area contributed by atoms with Crippen molar-refractivity contribution in [3.8, 4) is 5.75 Å². The summed E-state index contributed by atoms with van der Waals surface area (Å²) in [6.07, 6.45) is 1.87. The van der Waals surface area contributed by atoms with Gasteiger partial charge in [0.1, 0.15) is 11.4 Å². The van der Waals surface area contributed by atoms with E-state index in [1.54, 1.807) is 0 Å². The minimum absolute atomic E-state index is 0.254. The van der Waals surface area contributed by atoms with E-state index in [0.717, 1.165) is 19.2 Å². The minimum Gasteiger partial charge on any atom is -0.493 e. The monoisotopic (exact) mass is 313 g/mol. The molecule has 0 radical (unpaired) electrons. The summed E-state index contributed by atoms with van der Waals surface area (Å²) in [6.45, 7) is 0. The van der Waals surface area contributed by atoms with Crippen molar-refractivity contribution in [1.29, 1.82) is 0 Å². The van der Waals surface area contributed by atoms with Crippen molar-refractivity contribution < 1.29 is 28.2 Å². The fraction of sp³-hybridized carbons (Fsp3) is 0.467. The molecular weight excluding hydrogens is 296 g/mol. The number of carbonyl (C=O) groups is 2. The molecule has 1 aromatic rings. The number of benzene rings is 1. The van der Waals surface area contributed by atoms with Crippen LogP contribution in [0.2, 0.25) is 0 Å². The van der Waals surface area contributed by atoms with Crippen LogP contribution in [0.5, 0.6) is 5.75 Å². The van der Waals surface area contributed by atoms with Crippen LogP contribution in [0.1, 0.15) is 36.0 Å². The Kier molecular flexibility index (Phi) is 4.95. The first-order valence-corrected chi connectivity index (χ1v) is 6.99. The highest BCUT2D eigenvalue weighted by molar-refractivity contribution is 5.97. The maximum Gasteiger partial charge on any atom is 0.306 e. The molecule has 5 nitrogen and oxygen atoms in total. The van der Waals surface area contributed by atoms with Gasteiger partial charge in [0, 0.05) is 6.04 Å². The number of hydrogen-bond acceptors (Lipinski definition) is 3. The minimum atomic E-state index is -0.866. The number of carbonyl (C=O) groups excluding carboxylic acids is 1. The van der Waals surface area contributed by atoms with E-state index >= 15 is 0 Å². The number of hydrogen-bond donors (Lipinski definition) is 2. The van der Waals surface area contributed by atoms with Crippen molar-refractivity contribution in [2.75, 3.05) is 7.11 Å². The number of halogens is 2. The van der Waals surface area contributed by atoms with Crippen molar-refractivity contribution >= 4 is 11.9 Å². The lowest BCUT2D eigenvalue weighted by Gasteiger charge is -2.27. The normalized spacial score (nSPS) is 21.2. The zero-order chi connectivity index (χ0) is 16.3. The number of ether oxygens (including phenoxy) is 1. The zero-order valence-electron chi connectivity index (χ0n) is 12.1. The summed E-state index contributed by atoms with van der Waals surface area (Å²) in [4.78, 5) is 23.0. The molecule has 1 aliphatic rings. The van der Waals surface area contributed by atoms with Gasteiger partial charge in [0.15, 0.2) is 11.6 Å². The van der Waals surface area contributed by atoms with Gasteiger partial charge in [-0.05, 0) is 37.8 Å². The molecule has 7 heteroatoms. The Hall–Kier alpha value is -2.18. The molecule has 0 saturated heterocycles. The predicted molar refractivity (Wildman–Crippen MR) is 73.8 cm³/mol. The van der Waals surface area contributed by atoms with Crippen LogP contribution in [0.4, 0.5) is 8.78 Å². The second kappa shape index (κ2) is 6.72. The topological polar surface area (TPSA) is 75.6 Å².